The third-order valence-electron chi connectivity index (χ3n) is 4.50. The third-order valence-corrected chi connectivity index (χ3v) is 4.50. The molecule has 0 amide bonds. The van der Waals surface area contributed by atoms with Gasteiger partial charge in [-0.2, -0.15) is 0 Å². The van der Waals surface area contributed by atoms with Crippen molar-refractivity contribution in [2.24, 2.45) is 0 Å². The third kappa shape index (κ3) is 2.71. The number of nitrogens with zero attached hydrogens (tertiary/aromatic N) is 2. The number of aromatic amines is 1. The number of fused-ring (bicyclic) bond motifs is 1. The molecule has 5 nitrogen and oxygen atoms in total. The predicted octanol–water partition coefficient (Wildman–Crippen LogP) is 1.25. The molecule has 1 aromatic carbocycles. The molecule has 21 heavy (non-hydrogen) atoms. The number of hydrogen-bond acceptors (Lipinski definition) is 4. The van der Waals surface area contributed by atoms with Crippen molar-refractivity contribution < 1.29 is 0 Å². The van der Waals surface area contributed by atoms with Crippen molar-refractivity contribution in [2.45, 2.75) is 37.9 Å². The lowest BCUT2D eigenvalue weighted by Gasteiger charge is -2.15. The highest BCUT2D eigenvalue weighted by Crippen LogP contribution is 2.29. The molecule has 0 spiro atoms. The summed E-state index contributed by atoms with van der Waals surface area (Å²) in [6.07, 6.45) is 3.92. The Kier molecular flexibility index (Phi) is 3.24. The Hall–Kier alpha value is -1.72. The van der Waals surface area contributed by atoms with E-state index in [4.69, 9.17) is 0 Å². The second kappa shape index (κ2) is 5.24. The van der Waals surface area contributed by atoms with Gasteiger partial charge in [0.1, 0.15) is 5.82 Å². The first-order chi connectivity index (χ1) is 10.3. The monoisotopic (exact) mass is 284 g/mol. The molecule has 4 rings (SSSR count). The zero-order valence-corrected chi connectivity index (χ0v) is 12.0. The standard InChI is InChI=1S/C16H20N4O/c21-16-13-3-1-2-4-14(13)18-15(19-16)9-17-11-7-8-20(10-11)12-5-6-12/h1-4,11-12,17H,5-10H2,(H,18,19,21). The average molecular weight is 284 g/mol. The fourth-order valence-corrected chi connectivity index (χ4v) is 3.18. The number of hydrogen-bond donors (Lipinski definition) is 2. The van der Waals surface area contributed by atoms with Crippen molar-refractivity contribution in [1.82, 2.24) is 20.2 Å². The van der Waals surface area contributed by atoms with Crippen LogP contribution in [0.4, 0.5) is 0 Å². The van der Waals surface area contributed by atoms with Crippen LogP contribution >= 0.6 is 0 Å². The van der Waals surface area contributed by atoms with Crippen LogP contribution in [0.2, 0.25) is 0 Å². The van der Waals surface area contributed by atoms with E-state index >= 15 is 0 Å². The minimum atomic E-state index is -0.0524. The van der Waals surface area contributed by atoms with E-state index in [0.717, 1.165) is 23.9 Å². The largest absolute Gasteiger partial charge is 0.309 e. The van der Waals surface area contributed by atoms with Crippen molar-refractivity contribution >= 4 is 10.9 Å². The molecule has 2 aromatic rings. The number of likely N-dealkylation sites (tertiary alicyclic amines) is 1. The molecule has 2 heterocycles. The molecule has 0 radical (unpaired) electrons. The normalized spacial score (nSPS) is 23.0. The lowest BCUT2D eigenvalue weighted by molar-refractivity contribution is 0.317. The van der Waals surface area contributed by atoms with Gasteiger partial charge in [-0.05, 0) is 31.4 Å². The molecule has 110 valence electrons. The van der Waals surface area contributed by atoms with Crippen LogP contribution < -0.4 is 10.9 Å². The summed E-state index contributed by atoms with van der Waals surface area (Å²) in [5.74, 6) is 0.726. The number of para-hydroxylation sites is 1. The van der Waals surface area contributed by atoms with Crippen molar-refractivity contribution in [3.8, 4) is 0 Å². The predicted molar refractivity (Wildman–Crippen MR) is 82.2 cm³/mol. The maximum absolute atomic E-state index is 12.0. The maximum atomic E-state index is 12.0. The fourth-order valence-electron chi connectivity index (χ4n) is 3.18. The first-order valence-corrected chi connectivity index (χ1v) is 7.75. The van der Waals surface area contributed by atoms with Crippen LogP contribution in [0.1, 0.15) is 25.1 Å². The smallest absolute Gasteiger partial charge is 0.258 e. The molecular formula is C16H20N4O. The topological polar surface area (TPSA) is 61.0 Å². The van der Waals surface area contributed by atoms with E-state index < -0.39 is 0 Å². The summed E-state index contributed by atoms with van der Waals surface area (Å²) in [7, 11) is 0. The molecule has 1 aliphatic carbocycles. The molecule has 5 heteroatoms. The van der Waals surface area contributed by atoms with Crippen LogP contribution in [0.25, 0.3) is 10.9 Å². The Morgan fingerprint density at radius 3 is 3.00 bits per heavy atom. The second-order valence-electron chi connectivity index (χ2n) is 6.12. The van der Waals surface area contributed by atoms with Crippen LogP contribution in [-0.4, -0.2) is 40.0 Å². The van der Waals surface area contributed by atoms with E-state index in [0.29, 0.717) is 18.0 Å². The summed E-state index contributed by atoms with van der Waals surface area (Å²) in [6, 6.07) is 8.83. The van der Waals surface area contributed by atoms with Gasteiger partial charge in [-0.15, -0.1) is 0 Å². The molecule has 2 fully saturated rings. The fraction of sp³-hybridized carbons (Fsp3) is 0.500. The maximum Gasteiger partial charge on any atom is 0.258 e. The summed E-state index contributed by atoms with van der Waals surface area (Å²) < 4.78 is 0. The van der Waals surface area contributed by atoms with E-state index in [2.05, 4.69) is 20.2 Å². The van der Waals surface area contributed by atoms with Crippen molar-refractivity contribution in [1.29, 1.82) is 0 Å². The van der Waals surface area contributed by atoms with Gasteiger partial charge in [-0.3, -0.25) is 9.69 Å². The van der Waals surface area contributed by atoms with Gasteiger partial charge in [-0.1, -0.05) is 12.1 Å². The zero-order chi connectivity index (χ0) is 14.2. The van der Waals surface area contributed by atoms with Crippen LogP contribution in [0.15, 0.2) is 29.1 Å². The van der Waals surface area contributed by atoms with E-state index in [1.165, 1.54) is 25.8 Å². The molecule has 1 atom stereocenters. The van der Waals surface area contributed by atoms with Gasteiger partial charge in [0.05, 0.1) is 17.4 Å². The molecule has 1 aliphatic heterocycles. The number of rotatable bonds is 4. The Morgan fingerprint density at radius 1 is 1.29 bits per heavy atom. The highest BCUT2D eigenvalue weighted by molar-refractivity contribution is 5.77. The summed E-state index contributed by atoms with van der Waals surface area (Å²) in [6.45, 7) is 2.95. The van der Waals surface area contributed by atoms with Crippen molar-refractivity contribution in [3.05, 3.63) is 40.4 Å². The van der Waals surface area contributed by atoms with E-state index in [-0.39, 0.29) is 5.56 Å². The Bertz CT molecular complexity index is 707. The second-order valence-corrected chi connectivity index (χ2v) is 6.12. The molecule has 0 bridgehead atoms. The van der Waals surface area contributed by atoms with Crippen molar-refractivity contribution in [3.63, 3.8) is 0 Å². The Morgan fingerprint density at radius 2 is 2.14 bits per heavy atom. The molecule has 1 saturated heterocycles. The van der Waals surface area contributed by atoms with E-state index in [9.17, 15) is 4.79 Å². The van der Waals surface area contributed by atoms with Gasteiger partial charge in [0.25, 0.3) is 5.56 Å². The first kappa shape index (κ1) is 13.0. The number of benzene rings is 1. The van der Waals surface area contributed by atoms with E-state index in [1.54, 1.807) is 0 Å². The SMILES string of the molecule is O=c1[nH]c(CNC2CCN(C3CC3)C2)nc2ccccc12. The van der Waals surface area contributed by atoms with Gasteiger partial charge in [0, 0.05) is 25.2 Å². The Balaban J connectivity index is 1.44. The van der Waals surface area contributed by atoms with Crippen molar-refractivity contribution in [2.75, 3.05) is 13.1 Å². The average Bonchev–Trinajstić information content (AvgIpc) is 3.24. The molecule has 1 aromatic heterocycles. The zero-order valence-electron chi connectivity index (χ0n) is 12.0. The summed E-state index contributed by atoms with van der Waals surface area (Å²) in [4.78, 5) is 22.0. The van der Waals surface area contributed by atoms with E-state index in [1.807, 2.05) is 24.3 Å². The number of nitrogens with one attached hydrogen (secondary N) is 2. The summed E-state index contributed by atoms with van der Waals surface area (Å²) in [5, 5.41) is 4.18. The van der Waals surface area contributed by atoms with Gasteiger partial charge >= 0.3 is 0 Å². The quantitative estimate of drug-likeness (QED) is 0.887. The molecular weight excluding hydrogens is 264 g/mol. The highest BCUT2D eigenvalue weighted by atomic mass is 16.1. The van der Waals surface area contributed by atoms with Crippen LogP contribution in [0.3, 0.4) is 0 Å². The molecule has 1 unspecified atom stereocenters. The Labute approximate surface area is 123 Å². The summed E-state index contributed by atoms with van der Waals surface area (Å²) >= 11 is 0. The summed E-state index contributed by atoms with van der Waals surface area (Å²) in [5.41, 5.74) is 0.715. The van der Waals surface area contributed by atoms with Gasteiger partial charge in [0.15, 0.2) is 0 Å². The van der Waals surface area contributed by atoms with Crippen LogP contribution in [0.5, 0.6) is 0 Å². The van der Waals surface area contributed by atoms with Gasteiger partial charge in [0.2, 0.25) is 0 Å². The molecule has 2 N–H and O–H groups in total. The van der Waals surface area contributed by atoms with Gasteiger partial charge in [-0.25, -0.2) is 4.98 Å². The molecule has 2 aliphatic rings. The lowest BCUT2D eigenvalue weighted by atomic mass is 10.2. The minimum absolute atomic E-state index is 0.0524. The minimum Gasteiger partial charge on any atom is -0.309 e. The van der Waals surface area contributed by atoms with Crippen LogP contribution in [0, 0.1) is 0 Å². The first-order valence-electron chi connectivity index (χ1n) is 7.75. The highest BCUT2D eigenvalue weighted by Gasteiger charge is 2.34. The molecule has 1 saturated carbocycles. The van der Waals surface area contributed by atoms with Gasteiger partial charge < -0.3 is 10.3 Å². The number of H-pyrrole nitrogens is 1. The van der Waals surface area contributed by atoms with Crippen LogP contribution in [-0.2, 0) is 6.54 Å². The lowest BCUT2D eigenvalue weighted by Crippen LogP contribution is -2.33. The number of aromatic nitrogens is 2.